The maximum Gasteiger partial charge on any atom is 0.226 e. The van der Waals surface area contributed by atoms with Crippen LogP contribution < -0.4 is 10.1 Å². The first-order valence-corrected chi connectivity index (χ1v) is 10.8. The van der Waals surface area contributed by atoms with Crippen molar-refractivity contribution >= 4 is 28.2 Å². The molecule has 0 saturated carbocycles. The van der Waals surface area contributed by atoms with Crippen LogP contribution in [-0.4, -0.2) is 23.3 Å². The van der Waals surface area contributed by atoms with Crippen molar-refractivity contribution in [2.75, 3.05) is 11.9 Å². The first-order valence-electron chi connectivity index (χ1n) is 9.98. The SMILES string of the molecule is CCOc1ccc(-c2nc(NC(=O)CCC(=O)c3cc(C)ccc3C)sc2C)cc1. The predicted molar refractivity (Wildman–Crippen MR) is 122 cm³/mol. The minimum atomic E-state index is -0.208. The van der Waals surface area contributed by atoms with E-state index in [-0.39, 0.29) is 24.5 Å². The van der Waals surface area contributed by atoms with Gasteiger partial charge in [-0.05, 0) is 63.6 Å². The monoisotopic (exact) mass is 422 g/mol. The molecule has 0 radical (unpaired) electrons. The highest BCUT2D eigenvalue weighted by molar-refractivity contribution is 7.16. The Balaban J connectivity index is 1.61. The van der Waals surface area contributed by atoms with Crippen molar-refractivity contribution in [3.63, 3.8) is 0 Å². The van der Waals surface area contributed by atoms with Crippen molar-refractivity contribution in [3.05, 3.63) is 64.0 Å². The summed E-state index contributed by atoms with van der Waals surface area (Å²) in [4.78, 5) is 30.4. The van der Waals surface area contributed by atoms with Crippen molar-refractivity contribution in [3.8, 4) is 17.0 Å². The normalized spacial score (nSPS) is 10.7. The Morgan fingerprint density at radius 1 is 1.03 bits per heavy atom. The van der Waals surface area contributed by atoms with E-state index in [0.29, 0.717) is 17.3 Å². The molecule has 5 nitrogen and oxygen atoms in total. The molecule has 0 unspecified atom stereocenters. The average Bonchev–Trinajstić information content (AvgIpc) is 3.08. The number of carbonyl (C=O) groups excluding carboxylic acids is 2. The molecule has 0 fully saturated rings. The van der Waals surface area contributed by atoms with E-state index in [1.54, 1.807) is 0 Å². The molecule has 0 saturated heterocycles. The van der Waals surface area contributed by atoms with E-state index in [9.17, 15) is 9.59 Å². The number of aryl methyl sites for hydroxylation is 3. The summed E-state index contributed by atoms with van der Waals surface area (Å²) < 4.78 is 5.47. The molecule has 3 rings (SSSR count). The van der Waals surface area contributed by atoms with Crippen LogP contribution >= 0.6 is 11.3 Å². The van der Waals surface area contributed by atoms with Gasteiger partial charge in [0.25, 0.3) is 0 Å². The van der Waals surface area contributed by atoms with E-state index in [1.807, 2.05) is 70.2 Å². The average molecular weight is 423 g/mol. The summed E-state index contributed by atoms with van der Waals surface area (Å²) in [6, 6.07) is 13.5. The number of carbonyl (C=O) groups is 2. The fourth-order valence-electron chi connectivity index (χ4n) is 3.17. The van der Waals surface area contributed by atoms with Crippen molar-refractivity contribution in [2.45, 2.75) is 40.5 Å². The minimum absolute atomic E-state index is 0.0169. The molecule has 1 amide bonds. The van der Waals surface area contributed by atoms with Crippen LogP contribution in [0.15, 0.2) is 42.5 Å². The molecule has 0 atom stereocenters. The van der Waals surface area contributed by atoms with Crippen LogP contribution in [-0.2, 0) is 4.79 Å². The van der Waals surface area contributed by atoms with Gasteiger partial charge in [0.05, 0.1) is 12.3 Å². The molecule has 30 heavy (non-hydrogen) atoms. The third-order valence-electron chi connectivity index (χ3n) is 4.75. The lowest BCUT2D eigenvalue weighted by Crippen LogP contribution is -2.13. The van der Waals surface area contributed by atoms with Crippen LogP contribution in [0.1, 0.15) is 46.1 Å². The quantitative estimate of drug-likeness (QED) is 0.470. The summed E-state index contributed by atoms with van der Waals surface area (Å²) in [5, 5.41) is 3.37. The van der Waals surface area contributed by atoms with E-state index in [2.05, 4.69) is 10.3 Å². The highest BCUT2D eigenvalue weighted by atomic mass is 32.1. The lowest BCUT2D eigenvalue weighted by Gasteiger charge is -2.06. The summed E-state index contributed by atoms with van der Waals surface area (Å²) in [5.74, 6) is 0.591. The first kappa shape index (κ1) is 21.7. The number of rotatable bonds is 8. The topological polar surface area (TPSA) is 68.3 Å². The number of Topliss-reactive ketones (excluding diaryl/α,β-unsaturated/α-hetero) is 1. The maximum absolute atomic E-state index is 12.5. The van der Waals surface area contributed by atoms with Crippen molar-refractivity contribution in [1.29, 1.82) is 0 Å². The Bertz CT molecular complexity index is 1050. The molecule has 1 aromatic heterocycles. The third-order valence-corrected chi connectivity index (χ3v) is 5.64. The number of anilines is 1. The van der Waals surface area contributed by atoms with Crippen molar-refractivity contribution in [1.82, 2.24) is 4.98 Å². The molecule has 3 aromatic rings. The smallest absolute Gasteiger partial charge is 0.226 e. The van der Waals surface area contributed by atoms with E-state index < -0.39 is 0 Å². The Kier molecular flexibility index (Phi) is 7.00. The Morgan fingerprint density at radius 3 is 2.47 bits per heavy atom. The molecule has 0 aliphatic carbocycles. The van der Waals surface area contributed by atoms with Gasteiger partial charge in [-0.15, -0.1) is 11.3 Å². The number of ketones is 1. The second kappa shape index (κ2) is 9.67. The number of thiazole rings is 1. The molecule has 156 valence electrons. The number of hydrogen-bond donors (Lipinski definition) is 1. The van der Waals surface area contributed by atoms with E-state index in [1.165, 1.54) is 11.3 Å². The second-order valence-corrected chi connectivity index (χ2v) is 8.37. The highest BCUT2D eigenvalue weighted by Crippen LogP contribution is 2.31. The standard InChI is InChI=1S/C24H26N2O3S/c1-5-29-19-10-8-18(9-11-19)23-17(4)30-24(26-23)25-22(28)13-12-21(27)20-14-15(2)6-7-16(20)3/h6-11,14H,5,12-13H2,1-4H3,(H,25,26,28). The molecular weight excluding hydrogens is 396 g/mol. The van der Waals surface area contributed by atoms with Crippen LogP contribution in [0, 0.1) is 20.8 Å². The Morgan fingerprint density at radius 2 is 1.77 bits per heavy atom. The summed E-state index contributed by atoms with van der Waals surface area (Å²) in [6.45, 7) is 8.41. The molecule has 1 heterocycles. The van der Waals surface area contributed by atoms with E-state index in [4.69, 9.17) is 4.74 Å². The maximum atomic E-state index is 12.5. The van der Waals surface area contributed by atoms with Gasteiger partial charge in [0, 0.05) is 28.8 Å². The lowest BCUT2D eigenvalue weighted by atomic mass is 9.99. The van der Waals surface area contributed by atoms with Gasteiger partial charge in [0.1, 0.15) is 5.75 Å². The molecule has 1 N–H and O–H groups in total. The van der Waals surface area contributed by atoms with E-state index in [0.717, 1.165) is 33.0 Å². The number of hydrogen-bond acceptors (Lipinski definition) is 5. The van der Waals surface area contributed by atoms with Crippen LogP contribution in [0.25, 0.3) is 11.3 Å². The molecular formula is C24H26N2O3S. The number of aromatic nitrogens is 1. The molecule has 0 aliphatic rings. The fourth-order valence-corrected chi connectivity index (χ4v) is 4.03. The number of ether oxygens (including phenoxy) is 1. The number of amides is 1. The zero-order valence-corrected chi connectivity index (χ0v) is 18.6. The molecule has 0 aliphatic heterocycles. The van der Waals surface area contributed by atoms with Crippen molar-refractivity contribution < 1.29 is 14.3 Å². The predicted octanol–water partition coefficient (Wildman–Crippen LogP) is 5.74. The largest absolute Gasteiger partial charge is 0.494 e. The van der Waals surface area contributed by atoms with Crippen LogP contribution in [0.5, 0.6) is 5.75 Å². The summed E-state index contributed by atoms with van der Waals surface area (Å²) in [5.41, 5.74) is 4.46. The lowest BCUT2D eigenvalue weighted by molar-refractivity contribution is -0.116. The summed E-state index contributed by atoms with van der Waals surface area (Å²) in [7, 11) is 0. The number of benzene rings is 2. The molecule has 0 bridgehead atoms. The molecule has 6 heteroatoms. The highest BCUT2D eigenvalue weighted by Gasteiger charge is 2.15. The first-order chi connectivity index (χ1) is 14.4. The minimum Gasteiger partial charge on any atom is -0.494 e. The Hall–Kier alpha value is -2.99. The zero-order chi connectivity index (χ0) is 21.7. The van der Waals surface area contributed by atoms with Crippen LogP contribution in [0.2, 0.25) is 0 Å². The van der Waals surface area contributed by atoms with Gasteiger partial charge in [-0.3, -0.25) is 9.59 Å². The van der Waals surface area contributed by atoms with Gasteiger partial charge in [0.2, 0.25) is 5.91 Å². The number of nitrogens with zero attached hydrogens (tertiary/aromatic N) is 1. The third kappa shape index (κ3) is 5.33. The number of nitrogens with one attached hydrogen (secondary N) is 1. The van der Waals surface area contributed by atoms with Crippen LogP contribution in [0.4, 0.5) is 5.13 Å². The van der Waals surface area contributed by atoms with Gasteiger partial charge in [0.15, 0.2) is 10.9 Å². The van der Waals surface area contributed by atoms with Gasteiger partial charge < -0.3 is 10.1 Å². The molecule has 2 aromatic carbocycles. The van der Waals surface area contributed by atoms with E-state index >= 15 is 0 Å². The second-order valence-electron chi connectivity index (χ2n) is 7.17. The van der Waals surface area contributed by atoms with Crippen LogP contribution in [0.3, 0.4) is 0 Å². The molecule has 0 spiro atoms. The Labute approximate surface area is 181 Å². The zero-order valence-electron chi connectivity index (χ0n) is 17.7. The van der Waals surface area contributed by atoms with Gasteiger partial charge in [-0.1, -0.05) is 17.7 Å². The van der Waals surface area contributed by atoms with Gasteiger partial charge in [-0.2, -0.15) is 0 Å². The van der Waals surface area contributed by atoms with Crippen molar-refractivity contribution in [2.24, 2.45) is 0 Å². The summed E-state index contributed by atoms with van der Waals surface area (Å²) >= 11 is 1.43. The fraction of sp³-hybridized carbons (Fsp3) is 0.292. The van der Waals surface area contributed by atoms with Gasteiger partial charge in [-0.25, -0.2) is 4.98 Å². The summed E-state index contributed by atoms with van der Waals surface area (Å²) in [6.07, 6.45) is 0.301. The van der Waals surface area contributed by atoms with Gasteiger partial charge >= 0.3 is 0 Å².